The van der Waals surface area contributed by atoms with E-state index < -0.39 is 0 Å². The van der Waals surface area contributed by atoms with Gasteiger partial charge in [-0.25, -0.2) is 0 Å². The predicted molar refractivity (Wildman–Crippen MR) is 89.1 cm³/mol. The van der Waals surface area contributed by atoms with Crippen LogP contribution in [0.2, 0.25) is 0 Å². The zero-order chi connectivity index (χ0) is 14.1. The number of benzene rings is 2. The van der Waals surface area contributed by atoms with E-state index in [1.54, 1.807) is 0 Å². The normalized spacial score (nSPS) is 21.8. The van der Waals surface area contributed by atoms with Crippen LogP contribution in [0, 0.1) is 0 Å². The Hall–Kier alpha value is -1.71. The molecule has 0 bridgehead atoms. The van der Waals surface area contributed by atoms with E-state index in [0.717, 1.165) is 18.0 Å². The summed E-state index contributed by atoms with van der Waals surface area (Å²) in [5.74, 6) is 2.40. The molecular weight excluding hydrogens is 298 g/mol. The number of fused-ring (bicyclic) bond motifs is 1. The minimum Gasteiger partial charge on any atom is -0.486 e. The molecular formula is C18H20ClNO2. The molecule has 1 fully saturated rings. The molecule has 0 unspecified atom stereocenters. The molecule has 0 radical (unpaired) electrons. The van der Waals surface area contributed by atoms with E-state index in [1.165, 1.54) is 17.5 Å². The molecule has 4 heteroatoms. The van der Waals surface area contributed by atoms with Crippen LogP contribution < -0.4 is 14.8 Å². The van der Waals surface area contributed by atoms with Crippen LogP contribution >= 0.6 is 12.4 Å². The maximum absolute atomic E-state index is 5.62. The SMILES string of the molecule is Cl.c1ccc([C@@H]2C[C@H]2NCc2ccc3c(c2)OCCO3)cc1. The van der Waals surface area contributed by atoms with Crippen molar-refractivity contribution in [3.05, 3.63) is 59.7 Å². The third kappa shape index (κ3) is 3.21. The second-order valence-electron chi connectivity index (χ2n) is 5.72. The number of hydrogen-bond acceptors (Lipinski definition) is 3. The fourth-order valence-corrected chi connectivity index (χ4v) is 2.94. The highest BCUT2D eigenvalue weighted by molar-refractivity contribution is 5.85. The Kier molecular flexibility index (Phi) is 4.55. The number of halogens is 1. The smallest absolute Gasteiger partial charge is 0.161 e. The summed E-state index contributed by atoms with van der Waals surface area (Å²) in [5, 5.41) is 3.63. The van der Waals surface area contributed by atoms with E-state index >= 15 is 0 Å². The molecule has 0 saturated heterocycles. The molecule has 116 valence electrons. The number of ether oxygens (including phenoxy) is 2. The molecule has 2 atom stereocenters. The summed E-state index contributed by atoms with van der Waals surface area (Å²) in [6, 6.07) is 17.5. The Bertz CT molecular complexity index is 632. The highest BCUT2D eigenvalue weighted by Crippen LogP contribution is 2.41. The van der Waals surface area contributed by atoms with E-state index in [2.05, 4.69) is 47.8 Å². The van der Waals surface area contributed by atoms with Gasteiger partial charge in [0.05, 0.1) is 0 Å². The van der Waals surface area contributed by atoms with Crippen molar-refractivity contribution in [3.8, 4) is 11.5 Å². The summed E-state index contributed by atoms with van der Waals surface area (Å²) in [5.41, 5.74) is 2.69. The molecule has 1 aliphatic carbocycles. The molecule has 22 heavy (non-hydrogen) atoms. The Balaban J connectivity index is 0.00000144. The van der Waals surface area contributed by atoms with Gasteiger partial charge in [0, 0.05) is 18.5 Å². The van der Waals surface area contributed by atoms with E-state index in [0.29, 0.717) is 25.2 Å². The van der Waals surface area contributed by atoms with E-state index in [9.17, 15) is 0 Å². The Morgan fingerprint density at radius 3 is 2.55 bits per heavy atom. The van der Waals surface area contributed by atoms with Crippen LogP contribution in [0.5, 0.6) is 11.5 Å². The van der Waals surface area contributed by atoms with Gasteiger partial charge in [0.2, 0.25) is 0 Å². The molecule has 2 aromatic carbocycles. The minimum absolute atomic E-state index is 0. The average Bonchev–Trinajstić information content (AvgIpc) is 3.33. The van der Waals surface area contributed by atoms with Crippen molar-refractivity contribution in [1.29, 1.82) is 0 Å². The molecule has 2 aliphatic rings. The lowest BCUT2D eigenvalue weighted by atomic mass is 10.1. The van der Waals surface area contributed by atoms with Crippen LogP contribution in [-0.2, 0) is 6.54 Å². The summed E-state index contributed by atoms with van der Waals surface area (Å²) in [4.78, 5) is 0. The third-order valence-electron chi connectivity index (χ3n) is 4.19. The van der Waals surface area contributed by atoms with Crippen LogP contribution in [0.3, 0.4) is 0 Å². The molecule has 3 nitrogen and oxygen atoms in total. The molecule has 1 aliphatic heterocycles. The third-order valence-corrected chi connectivity index (χ3v) is 4.19. The van der Waals surface area contributed by atoms with Crippen LogP contribution in [0.25, 0.3) is 0 Å². The summed E-state index contributed by atoms with van der Waals surface area (Å²) in [6.45, 7) is 2.17. The highest BCUT2D eigenvalue weighted by Gasteiger charge is 2.37. The molecule has 0 aromatic heterocycles. The largest absolute Gasteiger partial charge is 0.486 e. The first-order valence-corrected chi connectivity index (χ1v) is 7.57. The number of rotatable bonds is 4. The fourth-order valence-electron chi connectivity index (χ4n) is 2.94. The van der Waals surface area contributed by atoms with E-state index in [-0.39, 0.29) is 12.4 Å². The summed E-state index contributed by atoms with van der Waals surface area (Å²) < 4.78 is 11.2. The Morgan fingerprint density at radius 1 is 0.955 bits per heavy atom. The van der Waals surface area contributed by atoms with Crippen molar-refractivity contribution in [2.75, 3.05) is 13.2 Å². The predicted octanol–water partition coefficient (Wildman–Crippen LogP) is 3.53. The summed E-state index contributed by atoms with van der Waals surface area (Å²) in [7, 11) is 0. The topological polar surface area (TPSA) is 30.5 Å². The fraction of sp³-hybridized carbons (Fsp3) is 0.333. The van der Waals surface area contributed by atoms with Gasteiger partial charge in [-0.1, -0.05) is 36.4 Å². The first-order valence-electron chi connectivity index (χ1n) is 7.57. The summed E-state index contributed by atoms with van der Waals surface area (Å²) in [6.07, 6.45) is 1.23. The zero-order valence-corrected chi connectivity index (χ0v) is 13.1. The molecule has 0 spiro atoms. The van der Waals surface area contributed by atoms with Crippen LogP contribution in [-0.4, -0.2) is 19.3 Å². The van der Waals surface area contributed by atoms with Crippen molar-refractivity contribution < 1.29 is 9.47 Å². The van der Waals surface area contributed by atoms with Gasteiger partial charge in [0.15, 0.2) is 11.5 Å². The quantitative estimate of drug-likeness (QED) is 0.936. The zero-order valence-electron chi connectivity index (χ0n) is 12.3. The van der Waals surface area contributed by atoms with Gasteiger partial charge in [-0.2, -0.15) is 0 Å². The highest BCUT2D eigenvalue weighted by atomic mass is 35.5. The maximum Gasteiger partial charge on any atom is 0.161 e. The average molecular weight is 318 g/mol. The van der Waals surface area contributed by atoms with Gasteiger partial charge >= 0.3 is 0 Å². The first kappa shape index (κ1) is 15.2. The summed E-state index contributed by atoms with van der Waals surface area (Å²) >= 11 is 0. The lowest BCUT2D eigenvalue weighted by Gasteiger charge is -2.19. The van der Waals surface area contributed by atoms with Crippen molar-refractivity contribution in [3.63, 3.8) is 0 Å². The molecule has 1 heterocycles. The minimum atomic E-state index is 0. The van der Waals surface area contributed by atoms with Gasteiger partial charge in [-0.05, 0) is 29.7 Å². The second kappa shape index (κ2) is 6.59. The number of hydrogen-bond donors (Lipinski definition) is 1. The molecule has 0 amide bonds. The monoisotopic (exact) mass is 317 g/mol. The molecule has 2 aromatic rings. The van der Waals surface area contributed by atoms with Crippen molar-refractivity contribution in [2.24, 2.45) is 0 Å². The van der Waals surface area contributed by atoms with E-state index in [4.69, 9.17) is 9.47 Å². The van der Waals surface area contributed by atoms with Gasteiger partial charge < -0.3 is 14.8 Å². The van der Waals surface area contributed by atoms with Crippen molar-refractivity contribution >= 4 is 12.4 Å². The van der Waals surface area contributed by atoms with Crippen molar-refractivity contribution in [2.45, 2.75) is 24.9 Å². The molecule has 1 saturated carbocycles. The first-order chi connectivity index (χ1) is 10.4. The standard InChI is InChI=1S/C18H19NO2.ClH/c1-2-4-14(5-3-1)15-11-16(15)19-12-13-6-7-17-18(10-13)21-9-8-20-17;/h1-7,10,15-16,19H,8-9,11-12H2;1H/t15-,16+;/m0./s1. The van der Waals surface area contributed by atoms with Gasteiger partial charge in [-0.3, -0.25) is 0 Å². The Morgan fingerprint density at radius 2 is 1.73 bits per heavy atom. The van der Waals surface area contributed by atoms with Gasteiger partial charge in [0.25, 0.3) is 0 Å². The number of nitrogens with one attached hydrogen (secondary N) is 1. The Labute approximate surface area is 137 Å². The van der Waals surface area contributed by atoms with Gasteiger partial charge in [-0.15, -0.1) is 12.4 Å². The molecule has 4 rings (SSSR count). The van der Waals surface area contributed by atoms with Crippen LogP contribution in [0.4, 0.5) is 0 Å². The second-order valence-corrected chi connectivity index (χ2v) is 5.72. The maximum atomic E-state index is 5.62. The van der Waals surface area contributed by atoms with Gasteiger partial charge in [0.1, 0.15) is 13.2 Å². The molecule has 1 N–H and O–H groups in total. The van der Waals surface area contributed by atoms with E-state index in [1.807, 2.05) is 6.07 Å². The van der Waals surface area contributed by atoms with Crippen LogP contribution in [0.15, 0.2) is 48.5 Å². The van der Waals surface area contributed by atoms with Crippen molar-refractivity contribution in [1.82, 2.24) is 5.32 Å². The lowest BCUT2D eigenvalue weighted by Crippen LogP contribution is -2.18. The lowest BCUT2D eigenvalue weighted by molar-refractivity contribution is 0.171. The van der Waals surface area contributed by atoms with Crippen LogP contribution in [0.1, 0.15) is 23.5 Å².